The minimum Gasteiger partial charge on any atom is -0.489 e. The number of fused-ring (bicyclic) bond motifs is 1. The molecule has 1 amide bonds. The van der Waals surface area contributed by atoms with Crippen LogP contribution in [0.3, 0.4) is 0 Å². The van der Waals surface area contributed by atoms with Crippen molar-refractivity contribution in [3.05, 3.63) is 59.2 Å². The molecular weight excluding hydrogens is 368 g/mol. The Bertz CT molecular complexity index is 834. The fourth-order valence-corrected chi connectivity index (χ4v) is 4.75. The lowest BCUT2D eigenvalue weighted by Gasteiger charge is -2.26. The smallest absolute Gasteiger partial charge is 0.255 e. The molecule has 5 heteroatoms. The van der Waals surface area contributed by atoms with Crippen LogP contribution in [0, 0.1) is 0 Å². The zero-order valence-corrected chi connectivity index (χ0v) is 17.4. The van der Waals surface area contributed by atoms with Crippen molar-refractivity contribution < 1.29 is 9.53 Å². The topological polar surface area (TPSA) is 50.4 Å². The van der Waals surface area contributed by atoms with Gasteiger partial charge in [-0.1, -0.05) is 30.3 Å². The molecule has 28 heavy (non-hydrogen) atoms. The summed E-state index contributed by atoms with van der Waals surface area (Å²) in [6.07, 6.45) is 6.10. The molecule has 2 aliphatic rings. The highest BCUT2D eigenvalue weighted by Gasteiger charge is 2.30. The standard InChI is InChI=1S/C23H28N2O2S/c1-15-11-17-13-18(28-2)14-19(22(17)27-15)23(26)25-21(20-9-6-10-24-20)12-16-7-4-3-5-8-16/h3-5,7-8,13-15,20-21,24H,6,9-12H2,1-2H3,(H,25,26). The summed E-state index contributed by atoms with van der Waals surface area (Å²) >= 11 is 1.67. The van der Waals surface area contributed by atoms with Gasteiger partial charge in [0.1, 0.15) is 11.9 Å². The Kier molecular flexibility index (Phi) is 5.93. The highest BCUT2D eigenvalue weighted by Crippen LogP contribution is 2.36. The van der Waals surface area contributed by atoms with E-state index in [1.165, 1.54) is 5.56 Å². The molecule has 0 saturated carbocycles. The van der Waals surface area contributed by atoms with Crippen molar-refractivity contribution in [2.24, 2.45) is 0 Å². The number of carbonyl (C=O) groups excluding carboxylic acids is 1. The van der Waals surface area contributed by atoms with Crippen LogP contribution in [-0.2, 0) is 12.8 Å². The van der Waals surface area contributed by atoms with E-state index in [0.717, 1.165) is 48.4 Å². The fraction of sp³-hybridized carbons (Fsp3) is 0.435. The average molecular weight is 397 g/mol. The zero-order valence-electron chi connectivity index (χ0n) is 16.5. The number of ether oxygens (including phenoxy) is 1. The highest BCUT2D eigenvalue weighted by atomic mass is 32.2. The van der Waals surface area contributed by atoms with Gasteiger partial charge in [-0.05, 0) is 62.2 Å². The summed E-state index contributed by atoms with van der Waals surface area (Å²) in [5.41, 5.74) is 3.06. The van der Waals surface area contributed by atoms with Crippen LogP contribution in [0.2, 0.25) is 0 Å². The van der Waals surface area contributed by atoms with Gasteiger partial charge in [0.2, 0.25) is 0 Å². The van der Waals surface area contributed by atoms with Crippen molar-refractivity contribution in [2.45, 2.75) is 55.7 Å². The molecule has 1 saturated heterocycles. The van der Waals surface area contributed by atoms with E-state index in [1.54, 1.807) is 11.8 Å². The van der Waals surface area contributed by atoms with Crippen LogP contribution in [-0.4, -0.2) is 36.9 Å². The summed E-state index contributed by atoms with van der Waals surface area (Å²) in [6.45, 7) is 3.07. The molecule has 148 valence electrons. The van der Waals surface area contributed by atoms with E-state index >= 15 is 0 Å². The Labute approximate surface area is 171 Å². The van der Waals surface area contributed by atoms with E-state index in [0.29, 0.717) is 11.6 Å². The number of carbonyl (C=O) groups is 1. The van der Waals surface area contributed by atoms with Gasteiger partial charge >= 0.3 is 0 Å². The maximum Gasteiger partial charge on any atom is 0.255 e. The Hall–Kier alpha value is -1.98. The van der Waals surface area contributed by atoms with Gasteiger partial charge < -0.3 is 15.4 Å². The monoisotopic (exact) mass is 396 g/mol. The van der Waals surface area contributed by atoms with E-state index in [2.05, 4.69) is 47.9 Å². The summed E-state index contributed by atoms with van der Waals surface area (Å²) in [5.74, 6) is 0.733. The van der Waals surface area contributed by atoms with Crippen LogP contribution >= 0.6 is 11.8 Å². The van der Waals surface area contributed by atoms with Gasteiger partial charge in [-0.15, -0.1) is 11.8 Å². The number of hydrogen-bond acceptors (Lipinski definition) is 4. The number of amides is 1. The lowest BCUT2D eigenvalue weighted by molar-refractivity contribution is 0.0924. The minimum absolute atomic E-state index is 0.0316. The van der Waals surface area contributed by atoms with Crippen molar-refractivity contribution in [1.29, 1.82) is 0 Å². The van der Waals surface area contributed by atoms with Gasteiger partial charge in [-0.3, -0.25) is 4.79 Å². The maximum atomic E-state index is 13.3. The first-order valence-corrected chi connectivity index (χ1v) is 11.3. The second-order valence-electron chi connectivity index (χ2n) is 7.77. The molecule has 0 spiro atoms. The molecule has 4 rings (SSSR count). The zero-order chi connectivity index (χ0) is 19.5. The quantitative estimate of drug-likeness (QED) is 0.729. The van der Waals surface area contributed by atoms with E-state index in [1.807, 2.05) is 18.4 Å². The van der Waals surface area contributed by atoms with Gasteiger partial charge in [0.25, 0.3) is 5.91 Å². The van der Waals surface area contributed by atoms with Gasteiger partial charge in [0.15, 0.2) is 0 Å². The van der Waals surface area contributed by atoms with E-state index in [-0.39, 0.29) is 18.1 Å². The largest absolute Gasteiger partial charge is 0.489 e. The molecule has 0 aliphatic carbocycles. The molecule has 1 fully saturated rings. The summed E-state index contributed by atoms with van der Waals surface area (Å²) < 4.78 is 6.00. The Balaban J connectivity index is 1.58. The van der Waals surface area contributed by atoms with Crippen molar-refractivity contribution in [3.63, 3.8) is 0 Å². The number of nitrogens with one attached hydrogen (secondary N) is 2. The SMILES string of the molecule is CSc1cc2c(c(C(=O)NC(Cc3ccccc3)C3CCCN3)c1)OC(C)C2. The molecule has 4 nitrogen and oxygen atoms in total. The van der Waals surface area contributed by atoms with E-state index in [4.69, 9.17) is 4.74 Å². The van der Waals surface area contributed by atoms with Crippen LogP contribution in [0.1, 0.15) is 41.3 Å². The molecule has 2 aromatic rings. The average Bonchev–Trinajstić information content (AvgIpc) is 3.36. The van der Waals surface area contributed by atoms with Crippen molar-refractivity contribution in [3.8, 4) is 5.75 Å². The summed E-state index contributed by atoms with van der Waals surface area (Å²) in [6, 6.07) is 14.9. The molecule has 0 aromatic heterocycles. The molecule has 0 bridgehead atoms. The Morgan fingerprint density at radius 3 is 2.86 bits per heavy atom. The minimum atomic E-state index is -0.0316. The number of thioether (sulfide) groups is 1. The second-order valence-corrected chi connectivity index (χ2v) is 8.65. The normalized spacial score (nSPS) is 21.8. The number of hydrogen-bond donors (Lipinski definition) is 2. The number of rotatable bonds is 6. The van der Waals surface area contributed by atoms with Crippen molar-refractivity contribution in [2.75, 3.05) is 12.8 Å². The number of benzene rings is 2. The molecule has 2 aromatic carbocycles. The lowest BCUT2D eigenvalue weighted by atomic mass is 9.97. The van der Waals surface area contributed by atoms with Crippen LogP contribution in [0.4, 0.5) is 0 Å². The van der Waals surface area contributed by atoms with Gasteiger partial charge in [0, 0.05) is 23.4 Å². The van der Waals surface area contributed by atoms with Crippen molar-refractivity contribution >= 4 is 17.7 Å². The summed E-state index contributed by atoms with van der Waals surface area (Å²) in [4.78, 5) is 14.4. The first-order valence-electron chi connectivity index (χ1n) is 10.1. The van der Waals surface area contributed by atoms with Gasteiger partial charge in [-0.25, -0.2) is 0 Å². The third kappa shape index (κ3) is 4.20. The summed E-state index contributed by atoms with van der Waals surface area (Å²) in [7, 11) is 0. The maximum absolute atomic E-state index is 13.3. The van der Waals surface area contributed by atoms with Crippen LogP contribution in [0.15, 0.2) is 47.4 Å². The predicted molar refractivity (Wildman–Crippen MR) is 114 cm³/mol. The van der Waals surface area contributed by atoms with Gasteiger partial charge in [0.05, 0.1) is 5.56 Å². The molecule has 3 unspecified atom stereocenters. The Morgan fingerprint density at radius 2 is 2.14 bits per heavy atom. The third-order valence-electron chi connectivity index (χ3n) is 5.65. The molecule has 2 N–H and O–H groups in total. The molecule has 2 aliphatic heterocycles. The first-order chi connectivity index (χ1) is 13.6. The molecular formula is C23H28N2O2S. The molecule has 2 heterocycles. The van der Waals surface area contributed by atoms with E-state index in [9.17, 15) is 4.79 Å². The summed E-state index contributed by atoms with van der Waals surface area (Å²) in [5, 5.41) is 6.89. The fourth-order valence-electron chi connectivity index (χ4n) is 4.25. The second kappa shape index (κ2) is 8.58. The highest BCUT2D eigenvalue weighted by molar-refractivity contribution is 7.98. The Morgan fingerprint density at radius 1 is 1.32 bits per heavy atom. The molecule has 0 radical (unpaired) electrons. The first kappa shape index (κ1) is 19.3. The molecule has 3 atom stereocenters. The van der Waals surface area contributed by atoms with Gasteiger partial charge in [-0.2, -0.15) is 0 Å². The van der Waals surface area contributed by atoms with Crippen LogP contribution < -0.4 is 15.4 Å². The lowest BCUT2D eigenvalue weighted by Crippen LogP contribution is -2.48. The van der Waals surface area contributed by atoms with Crippen molar-refractivity contribution in [1.82, 2.24) is 10.6 Å². The third-order valence-corrected chi connectivity index (χ3v) is 6.35. The van der Waals surface area contributed by atoms with Crippen LogP contribution in [0.5, 0.6) is 5.75 Å². The predicted octanol–water partition coefficient (Wildman–Crippen LogP) is 3.83. The van der Waals surface area contributed by atoms with E-state index < -0.39 is 0 Å². The van der Waals surface area contributed by atoms with Crippen LogP contribution in [0.25, 0.3) is 0 Å².